The number of fused-ring (bicyclic) bond motifs is 2. The average molecular weight is 704 g/mol. The van der Waals surface area contributed by atoms with Crippen LogP contribution in [0.5, 0.6) is 0 Å². The van der Waals surface area contributed by atoms with Crippen LogP contribution in [0.1, 0.15) is 61.5 Å². The first-order valence-corrected chi connectivity index (χ1v) is 19.0. The summed E-state index contributed by atoms with van der Waals surface area (Å²) in [6.07, 6.45) is 11.7. The van der Waals surface area contributed by atoms with E-state index in [1.165, 1.54) is 38.5 Å². The summed E-state index contributed by atoms with van der Waals surface area (Å²) in [6, 6.07) is 33.1. The van der Waals surface area contributed by atoms with Crippen molar-refractivity contribution in [1.29, 1.82) is 0 Å². The molecule has 6 aromatic rings. The van der Waals surface area contributed by atoms with Crippen LogP contribution in [-0.2, 0) is 4.79 Å². The molecule has 8 rings (SSSR count). The van der Waals surface area contributed by atoms with Crippen molar-refractivity contribution in [2.24, 2.45) is 0 Å². The monoisotopic (exact) mass is 702 g/mol. The third-order valence-corrected chi connectivity index (χ3v) is 11.4. The average Bonchev–Trinajstić information content (AvgIpc) is 3.74. The van der Waals surface area contributed by atoms with E-state index in [1.807, 2.05) is 24.3 Å². The Bertz CT molecular complexity index is 1940. The van der Waals surface area contributed by atoms with E-state index in [1.54, 1.807) is 0 Å². The highest BCUT2D eigenvalue weighted by molar-refractivity contribution is 6.30. The minimum atomic E-state index is -0.293. The van der Waals surface area contributed by atoms with Crippen LogP contribution in [0.15, 0.2) is 109 Å². The van der Waals surface area contributed by atoms with Crippen LogP contribution < -0.4 is 0 Å². The van der Waals surface area contributed by atoms with Gasteiger partial charge in [-0.2, -0.15) is 0 Å². The number of Topliss-reactive ketones (excluding diaryl/α,β-unsaturated/α-hetero) is 1. The topological polar surface area (TPSA) is 33.4 Å². The Morgan fingerprint density at radius 3 is 1.30 bits per heavy atom. The molecule has 4 heterocycles. The number of piperidine rings is 2. The fourth-order valence-corrected chi connectivity index (χ4v) is 8.58. The summed E-state index contributed by atoms with van der Waals surface area (Å²) in [5.74, 6) is -0.280. The molecule has 50 heavy (non-hydrogen) atoms. The Hall–Kier alpha value is -3.87. The second-order valence-corrected chi connectivity index (χ2v) is 15.0. The molecule has 0 radical (unpaired) electrons. The molecule has 0 bridgehead atoms. The van der Waals surface area contributed by atoms with E-state index >= 15 is 4.79 Å². The summed E-state index contributed by atoms with van der Waals surface area (Å²) >= 11 is 12.6. The van der Waals surface area contributed by atoms with Crippen LogP contribution in [0.3, 0.4) is 0 Å². The van der Waals surface area contributed by atoms with E-state index in [0.29, 0.717) is 15.8 Å². The molecular formula is C43H44Cl2N4O. The smallest absolute Gasteiger partial charge is 0.150 e. The molecule has 2 saturated heterocycles. The van der Waals surface area contributed by atoms with Crippen molar-refractivity contribution in [3.05, 3.63) is 131 Å². The van der Waals surface area contributed by atoms with Crippen LogP contribution in [-0.4, -0.2) is 64.0 Å². The second kappa shape index (κ2) is 14.8. The molecule has 256 valence electrons. The standard InChI is InChI=1S/C43H44Cl2N4O/c44-31-15-19-33(20-16-31)48-29-37(35-11-3-5-13-41(35)48)39(27-46-23-7-1-8-24-46)43(50)40(28-47-25-9-2-10-26-47)38-30-49(34-21-17-32(45)18-22-34)42-14-6-4-12-36(38)42/h3-6,11-22,29-30,39-40H,1-2,7-10,23-28H2. The molecule has 0 N–H and O–H groups in total. The SMILES string of the molecule is O=C(C(CN1CCCCC1)c1cn(-c2ccc(Cl)cc2)c2ccccc12)C(CN1CCCCC1)c1cn(-c2ccc(Cl)cc2)c2ccccc12. The van der Waals surface area contributed by atoms with Crippen molar-refractivity contribution in [1.82, 2.24) is 18.9 Å². The molecule has 2 aromatic heterocycles. The quantitative estimate of drug-likeness (QED) is 0.142. The van der Waals surface area contributed by atoms with Gasteiger partial charge in [0, 0.05) is 57.7 Å². The lowest BCUT2D eigenvalue weighted by Crippen LogP contribution is -2.40. The van der Waals surface area contributed by atoms with Crippen molar-refractivity contribution < 1.29 is 4.79 Å². The maximum absolute atomic E-state index is 15.8. The van der Waals surface area contributed by atoms with Gasteiger partial charge in [-0.25, -0.2) is 0 Å². The van der Waals surface area contributed by atoms with Gasteiger partial charge in [0.15, 0.2) is 5.78 Å². The lowest BCUT2D eigenvalue weighted by molar-refractivity contribution is -0.123. The summed E-state index contributed by atoms with van der Waals surface area (Å²) in [6.45, 7) is 5.58. The highest BCUT2D eigenvalue weighted by Gasteiger charge is 2.36. The predicted octanol–water partition coefficient (Wildman–Crippen LogP) is 10.3. The molecule has 0 spiro atoms. The van der Waals surface area contributed by atoms with Crippen LogP contribution in [0.2, 0.25) is 10.0 Å². The van der Waals surface area contributed by atoms with Gasteiger partial charge in [0.05, 0.1) is 22.9 Å². The number of hydrogen-bond donors (Lipinski definition) is 0. The first-order chi connectivity index (χ1) is 24.5. The van der Waals surface area contributed by atoms with Gasteiger partial charge in [-0.05, 0) is 124 Å². The Morgan fingerprint density at radius 2 is 0.900 bits per heavy atom. The largest absolute Gasteiger partial charge is 0.316 e. The van der Waals surface area contributed by atoms with E-state index in [2.05, 4.69) is 104 Å². The van der Waals surface area contributed by atoms with Gasteiger partial charge < -0.3 is 18.9 Å². The van der Waals surface area contributed by atoms with Gasteiger partial charge in [0.25, 0.3) is 0 Å². The minimum Gasteiger partial charge on any atom is -0.316 e. The van der Waals surface area contributed by atoms with Gasteiger partial charge in [0.2, 0.25) is 0 Å². The Morgan fingerprint density at radius 1 is 0.520 bits per heavy atom. The van der Waals surface area contributed by atoms with Crippen molar-refractivity contribution in [2.45, 2.75) is 50.4 Å². The maximum Gasteiger partial charge on any atom is 0.150 e. The number of para-hydroxylation sites is 2. The molecule has 7 heteroatoms. The highest BCUT2D eigenvalue weighted by atomic mass is 35.5. The third kappa shape index (κ3) is 6.77. The second-order valence-electron chi connectivity index (χ2n) is 14.1. The predicted molar refractivity (Wildman–Crippen MR) is 208 cm³/mol. The zero-order chi connectivity index (χ0) is 34.0. The number of carbonyl (C=O) groups excluding carboxylic acids is 1. The van der Waals surface area contributed by atoms with Crippen molar-refractivity contribution in [3.63, 3.8) is 0 Å². The lowest BCUT2D eigenvalue weighted by atomic mass is 9.82. The minimum absolute atomic E-state index is 0.293. The Labute approximate surface area is 305 Å². The molecule has 2 unspecified atom stereocenters. The molecule has 2 aliphatic rings. The van der Waals surface area contributed by atoms with Crippen molar-refractivity contribution in [3.8, 4) is 11.4 Å². The molecule has 0 aliphatic carbocycles. The van der Waals surface area contributed by atoms with E-state index in [4.69, 9.17) is 23.2 Å². The van der Waals surface area contributed by atoms with Crippen molar-refractivity contribution in [2.75, 3.05) is 39.3 Å². The van der Waals surface area contributed by atoms with Crippen molar-refractivity contribution >= 4 is 50.8 Å². The number of benzene rings is 4. The molecule has 0 amide bonds. The molecule has 2 atom stereocenters. The van der Waals surface area contributed by atoms with Crippen LogP contribution in [0.4, 0.5) is 0 Å². The summed E-state index contributed by atoms with van der Waals surface area (Å²) in [4.78, 5) is 20.8. The van der Waals surface area contributed by atoms with Gasteiger partial charge in [0.1, 0.15) is 0 Å². The van der Waals surface area contributed by atoms with E-state index in [9.17, 15) is 0 Å². The first-order valence-electron chi connectivity index (χ1n) is 18.2. The third-order valence-electron chi connectivity index (χ3n) is 10.9. The van der Waals surface area contributed by atoms with Gasteiger partial charge in [-0.15, -0.1) is 0 Å². The fraction of sp³-hybridized carbons (Fsp3) is 0.326. The lowest BCUT2D eigenvalue weighted by Gasteiger charge is -2.34. The van der Waals surface area contributed by atoms with Gasteiger partial charge in [-0.3, -0.25) is 4.79 Å². The van der Waals surface area contributed by atoms with E-state index < -0.39 is 0 Å². The molecule has 5 nitrogen and oxygen atoms in total. The van der Waals surface area contributed by atoms with Crippen LogP contribution in [0, 0.1) is 0 Å². The Kier molecular flexibility index (Phi) is 9.83. The number of nitrogens with zero attached hydrogens (tertiary/aromatic N) is 4. The number of likely N-dealkylation sites (tertiary alicyclic amines) is 2. The first kappa shape index (κ1) is 33.3. The number of ketones is 1. The number of aromatic nitrogens is 2. The number of carbonyl (C=O) groups is 1. The molecular weight excluding hydrogens is 659 g/mol. The number of halogens is 2. The van der Waals surface area contributed by atoms with E-state index in [0.717, 1.165) is 83.6 Å². The van der Waals surface area contributed by atoms with Crippen LogP contribution >= 0.6 is 23.2 Å². The summed E-state index contributed by atoms with van der Waals surface area (Å²) < 4.78 is 4.48. The number of rotatable bonds is 10. The zero-order valence-electron chi connectivity index (χ0n) is 28.5. The molecule has 2 fully saturated rings. The highest BCUT2D eigenvalue weighted by Crippen LogP contribution is 2.39. The summed E-state index contributed by atoms with van der Waals surface area (Å²) in [5, 5.41) is 3.69. The van der Waals surface area contributed by atoms with Gasteiger partial charge >= 0.3 is 0 Å². The number of hydrogen-bond acceptors (Lipinski definition) is 3. The van der Waals surface area contributed by atoms with Crippen LogP contribution in [0.25, 0.3) is 33.2 Å². The normalized spacial score (nSPS) is 17.3. The summed E-state index contributed by atoms with van der Waals surface area (Å²) in [5.41, 5.74) is 6.50. The molecule has 0 saturated carbocycles. The maximum atomic E-state index is 15.8. The fourth-order valence-electron chi connectivity index (χ4n) is 8.32. The summed E-state index contributed by atoms with van der Waals surface area (Å²) in [7, 11) is 0. The zero-order valence-corrected chi connectivity index (χ0v) is 30.0. The van der Waals surface area contributed by atoms with E-state index in [-0.39, 0.29) is 11.8 Å². The molecule has 4 aromatic carbocycles. The van der Waals surface area contributed by atoms with Gasteiger partial charge in [-0.1, -0.05) is 72.4 Å². The Balaban J connectivity index is 1.28. The molecule has 2 aliphatic heterocycles.